The number of hydrogen-bond acceptors (Lipinski definition) is 5. The van der Waals surface area contributed by atoms with Crippen LogP contribution in [-0.2, 0) is 11.2 Å². The summed E-state index contributed by atoms with van der Waals surface area (Å²) in [5.74, 6) is 0.950. The van der Waals surface area contributed by atoms with E-state index in [0.717, 1.165) is 12.1 Å². The van der Waals surface area contributed by atoms with Crippen LogP contribution in [0.4, 0.5) is 4.39 Å². The van der Waals surface area contributed by atoms with Crippen molar-refractivity contribution in [2.45, 2.75) is 32.2 Å². The van der Waals surface area contributed by atoms with Crippen molar-refractivity contribution in [1.29, 1.82) is 0 Å². The Hall–Kier alpha value is -1.99. The molecule has 1 saturated heterocycles. The predicted octanol–water partition coefficient (Wildman–Crippen LogP) is 2.43. The Labute approximate surface area is 152 Å². The first-order valence-corrected chi connectivity index (χ1v) is 8.18. The van der Waals surface area contributed by atoms with E-state index in [1.807, 2.05) is 11.0 Å². The normalized spacial score (nSPS) is 17.2. The second-order valence-electron chi connectivity index (χ2n) is 5.95. The topological polar surface area (TPSA) is 71.3 Å². The molecule has 0 radical (unpaired) electrons. The van der Waals surface area contributed by atoms with Crippen LogP contribution in [0.15, 0.2) is 28.8 Å². The number of aryl methyl sites for hydroxylation is 2. The molecule has 0 saturated carbocycles. The van der Waals surface area contributed by atoms with Crippen molar-refractivity contribution in [3.63, 3.8) is 0 Å². The number of benzene rings is 1. The molecule has 3 rings (SSSR count). The lowest BCUT2D eigenvalue weighted by atomic mass is 10.0. The molecule has 1 N–H and O–H groups in total. The molecule has 2 heterocycles. The molecule has 1 atom stereocenters. The third-order valence-electron chi connectivity index (χ3n) is 4.15. The largest absolute Gasteiger partial charge is 0.339 e. The molecule has 136 valence electrons. The number of aromatic nitrogens is 2. The molecule has 1 amide bonds. The van der Waals surface area contributed by atoms with Crippen LogP contribution in [0, 0.1) is 12.7 Å². The number of hydrogen-bond donors (Lipinski definition) is 1. The molecule has 1 aromatic heterocycles. The van der Waals surface area contributed by atoms with E-state index in [-0.39, 0.29) is 30.2 Å². The van der Waals surface area contributed by atoms with Crippen molar-refractivity contribution in [3.8, 4) is 0 Å². The van der Waals surface area contributed by atoms with Gasteiger partial charge in [-0.15, -0.1) is 12.4 Å². The molecule has 1 unspecified atom stereocenters. The maximum absolute atomic E-state index is 13.5. The SMILES string of the molecule is Cc1noc(CCCC(=O)N2CCNCC2c2cccc(F)c2)n1.Cl. The fourth-order valence-electron chi connectivity index (χ4n) is 2.99. The van der Waals surface area contributed by atoms with Gasteiger partial charge in [-0.1, -0.05) is 17.3 Å². The Morgan fingerprint density at radius 3 is 3.04 bits per heavy atom. The second-order valence-corrected chi connectivity index (χ2v) is 5.95. The van der Waals surface area contributed by atoms with Gasteiger partial charge < -0.3 is 14.7 Å². The molecule has 1 fully saturated rings. The summed E-state index contributed by atoms with van der Waals surface area (Å²) in [6, 6.07) is 6.33. The highest BCUT2D eigenvalue weighted by atomic mass is 35.5. The lowest BCUT2D eigenvalue weighted by Gasteiger charge is -2.36. The van der Waals surface area contributed by atoms with E-state index in [2.05, 4.69) is 15.5 Å². The van der Waals surface area contributed by atoms with Gasteiger partial charge in [0.15, 0.2) is 5.82 Å². The number of amides is 1. The molecule has 1 aromatic carbocycles. The molecular weight excluding hydrogens is 347 g/mol. The third kappa shape index (κ3) is 4.99. The van der Waals surface area contributed by atoms with Crippen LogP contribution in [0.5, 0.6) is 0 Å². The van der Waals surface area contributed by atoms with Crippen LogP contribution in [-0.4, -0.2) is 40.6 Å². The summed E-state index contributed by atoms with van der Waals surface area (Å²) in [4.78, 5) is 18.6. The highest BCUT2D eigenvalue weighted by Gasteiger charge is 2.27. The van der Waals surface area contributed by atoms with Gasteiger partial charge in [-0.2, -0.15) is 4.98 Å². The van der Waals surface area contributed by atoms with E-state index in [4.69, 9.17) is 4.52 Å². The van der Waals surface area contributed by atoms with E-state index in [1.54, 1.807) is 13.0 Å². The average Bonchev–Trinajstić information content (AvgIpc) is 3.00. The molecule has 2 aromatic rings. The minimum Gasteiger partial charge on any atom is -0.339 e. The van der Waals surface area contributed by atoms with Gasteiger partial charge >= 0.3 is 0 Å². The van der Waals surface area contributed by atoms with Crippen molar-refractivity contribution in [2.75, 3.05) is 19.6 Å². The van der Waals surface area contributed by atoms with Crippen molar-refractivity contribution in [2.24, 2.45) is 0 Å². The number of nitrogens with zero attached hydrogens (tertiary/aromatic N) is 3. The van der Waals surface area contributed by atoms with Crippen LogP contribution < -0.4 is 5.32 Å². The molecule has 0 aliphatic carbocycles. The average molecular weight is 369 g/mol. The number of carbonyl (C=O) groups excluding carboxylic acids is 1. The van der Waals surface area contributed by atoms with Gasteiger partial charge in [-0.25, -0.2) is 4.39 Å². The third-order valence-corrected chi connectivity index (χ3v) is 4.15. The van der Waals surface area contributed by atoms with Crippen molar-refractivity contribution in [3.05, 3.63) is 47.4 Å². The minimum absolute atomic E-state index is 0. The molecule has 0 bridgehead atoms. The monoisotopic (exact) mass is 368 g/mol. The van der Waals surface area contributed by atoms with Gasteiger partial charge in [0, 0.05) is 32.5 Å². The summed E-state index contributed by atoms with van der Waals surface area (Å²) in [7, 11) is 0. The molecular formula is C17H22ClFN4O2. The van der Waals surface area contributed by atoms with Crippen LogP contribution >= 0.6 is 12.4 Å². The van der Waals surface area contributed by atoms with Crippen LogP contribution in [0.2, 0.25) is 0 Å². The highest BCUT2D eigenvalue weighted by Crippen LogP contribution is 2.24. The van der Waals surface area contributed by atoms with Gasteiger partial charge in [0.05, 0.1) is 6.04 Å². The number of rotatable bonds is 5. The summed E-state index contributed by atoms with van der Waals surface area (Å²) >= 11 is 0. The first-order chi connectivity index (χ1) is 11.6. The van der Waals surface area contributed by atoms with E-state index in [0.29, 0.717) is 44.1 Å². The molecule has 6 nitrogen and oxygen atoms in total. The van der Waals surface area contributed by atoms with Gasteiger partial charge in [-0.3, -0.25) is 4.79 Å². The second kappa shape index (κ2) is 8.92. The maximum atomic E-state index is 13.5. The van der Waals surface area contributed by atoms with E-state index < -0.39 is 0 Å². The van der Waals surface area contributed by atoms with E-state index >= 15 is 0 Å². The molecule has 8 heteroatoms. The summed E-state index contributed by atoms with van der Waals surface area (Å²) in [5.41, 5.74) is 0.822. The van der Waals surface area contributed by atoms with Crippen molar-refractivity contribution < 1.29 is 13.7 Å². The van der Waals surface area contributed by atoms with Gasteiger partial charge in [-0.05, 0) is 31.0 Å². The van der Waals surface area contributed by atoms with Gasteiger partial charge in [0.1, 0.15) is 5.82 Å². The Morgan fingerprint density at radius 2 is 2.32 bits per heavy atom. The maximum Gasteiger partial charge on any atom is 0.226 e. The lowest BCUT2D eigenvalue weighted by Crippen LogP contribution is -2.48. The Balaban J connectivity index is 0.00000225. The first-order valence-electron chi connectivity index (χ1n) is 8.18. The minimum atomic E-state index is -0.280. The predicted molar refractivity (Wildman–Crippen MR) is 92.9 cm³/mol. The zero-order valence-corrected chi connectivity index (χ0v) is 14.9. The highest BCUT2D eigenvalue weighted by molar-refractivity contribution is 5.85. The fourth-order valence-corrected chi connectivity index (χ4v) is 2.99. The summed E-state index contributed by atoms with van der Waals surface area (Å²) in [6.07, 6.45) is 1.65. The van der Waals surface area contributed by atoms with E-state index in [9.17, 15) is 9.18 Å². The zero-order chi connectivity index (χ0) is 16.9. The molecule has 1 aliphatic heterocycles. The first kappa shape index (κ1) is 19.3. The van der Waals surface area contributed by atoms with Gasteiger partial charge in [0.25, 0.3) is 0 Å². The van der Waals surface area contributed by atoms with Crippen LogP contribution in [0.25, 0.3) is 0 Å². The molecule has 1 aliphatic rings. The summed E-state index contributed by atoms with van der Waals surface area (Å²) in [6.45, 7) is 3.78. The Bertz CT molecular complexity index is 709. The quantitative estimate of drug-likeness (QED) is 0.877. The number of piperazine rings is 1. The molecule has 0 spiro atoms. The smallest absolute Gasteiger partial charge is 0.226 e. The van der Waals surface area contributed by atoms with Gasteiger partial charge in [0.2, 0.25) is 11.8 Å². The summed E-state index contributed by atoms with van der Waals surface area (Å²) < 4.78 is 18.6. The Kier molecular flexibility index (Phi) is 6.90. The van der Waals surface area contributed by atoms with E-state index in [1.165, 1.54) is 12.1 Å². The Morgan fingerprint density at radius 1 is 1.48 bits per heavy atom. The zero-order valence-electron chi connectivity index (χ0n) is 14.1. The number of nitrogens with one attached hydrogen (secondary N) is 1. The van der Waals surface area contributed by atoms with Crippen LogP contribution in [0.1, 0.15) is 36.2 Å². The molecule has 25 heavy (non-hydrogen) atoms. The summed E-state index contributed by atoms with van der Waals surface area (Å²) in [5, 5.41) is 7.01. The lowest BCUT2D eigenvalue weighted by molar-refractivity contribution is -0.134. The standard InChI is InChI=1S/C17H21FN4O2.ClH/c1-12-20-16(24-21-12)6-3-7-17(23)22-9-8-19-11-15(22)13-4-2-5-14(18)10-13;/h2,4-5,10,15,19H,3,6-9,11H2,1H3;1H. The fraction of sp³-hybridized carbons (Fsp3) is 0.471. The van der Waals surface area contributed by atoms with Crippen molar-refractivity contribution >= 4 is 18.3 Å². The number of halogens is 2. The van der Waals surface area contributed by atoms with Crippen LogP contribution in [0.3, 0.4) is 0 Å². The number of carbonyl (C=O) groups is 1. The van der Waals surface area contributed by atoms with Crippen molar-refractivity contribution in [1.82, 2.24) is 20.4 Å².